The van der Waals surface area contributed by atoms with E-state index in [2.05, 4.69) is 182 Å². The molecule has 2 heterocycles. The molecule has 1 aromatic heterocycles. The summed E-state index contributed by atoms with van der Waals surface area (Å²) in [4.78, 5) is 0. The van der Waals surface area contributed by atoms with Crippen molar-refractivity contribution in [2.45, 2.75) is 38.3 Å². The molecule has 53 heavy (non-hydrogen) atoms. The van der Waals surface area contributed by atoms with E-state index in [1.807, 2.05) is 0 Å². The predicted octanol–water partition coefficient (Wildman–Crippen LogP) is 12.8. The summed E-state index contributed by atoms with van der Waals surface area (Å²) in [6.45, 7) is 4.61. The van der Waals surface area contributed by atoms with Gasteiger partial charge >= 0.3 is 0 Å². The largest absolute Gasteiger partial charge is 0.482 e. The molecule has 0 saturated heterocycles. The fraction of sp³-hybridized carbons (Fsp3) is 0.137. The molecule has 0 N–H and O–H groups in total. The number of hydrogen-bond acceptors (Lipinski definition) is 1. The Bertz CT molecular complexity index is 2790. The van der Waals surface area contributed by atoms with E-state index in [0.717, 1.165) is 18.6 Å². The third kappa shape index (κ3) is 4.45. The molecule has 254 valence electrons. The Balaban J connectivity index is 1.01. The average Bonchev–Trinajstić information content (AvgIpc) is 3.62. The molecular formula is C51H39NO. The van der Waals surface area contributed by atoms with E-state index in [1.54, 1.807) is 0 Å². The summed E-state index contributed by atoms with van der Waals surface area (Å²) in [5.74, 6) is 1.19. The van der Waals surface area contributed by atoms with E-state index in [1.165, 1.54) is 88.6 Å². The lowest BCUT2D eigenvalue weighted by Crippen LogP contribution is -2.46. The van der Waals surface area contributed by atoms with E-state index in [9.17, 15) is 0 Å². The molecule has 2 heteroatoms. The Kier molecular flexibility index (Phi) is 6.58. The zero-order valence-electron chi connectivity index (χ0n) is 30.0. The SMILES string of the molecule is CC1=CC=C2c3ccccc3OC2C1(C)n1c2ccccc2c2cc(-c3cccc(C4=CC5C=C(C=C4)c4ccccc4C4=C5C=CCC4)c3)ccc21. The van der Waals surface area contributed by atoms with Gasteiger partial charge in [0.15, 0.2) is 6.10 Å². The van der Waals surface area contributed by atoms with Crippen LogP contribution in [0.4, 0.5) is 0 Å². The van der Waals surface area contributed by atoms with E-state index >= 15 is 0 Å². The fourth-order valence-corrected chi connectivity index (χ4v) is 9.71. The van der Waals surface area contributed by atoms with E-state index in [0.29, 0.717) is 0 Å². The lowest BCUT2D eigenvalue weighted by atomic mass is 9.77. The monoisotopic (exact) mass is 681 g/mol. The molecule has 0 spiro atoms. The summed E-state index contributed by atoms with van der Waals surface area (Å²) in [6, 6.07) is 42.4. The highest BCUT2D eigenvalue weighted by atomic mass is 16.5. The van der Waals surface area contributed by atoms with Crippen molar-refractivity contribution in [2.24, 2.45) is 5.92 Å². The molecule has 11 rings (SSSR count). The molecule has 0 amide bonds. The van der Waals surface area contributed by atoms with Gasteiger partial charge in [0.05, 0.1) is 11.0 Å². The number of nitrogens with zero attached hydrogens (tertiary/aromatic N) is 1. The first-order valence-electron chi connectivity index (χ1n) is 19.0. The number of rotatable bonds is 3. The third-order valence-corrected chi connectivity index (χ3v) is 12.5. The van der Waals surface area contributed by atoms with Gasteiger partial charge in [-0.05, 0) is 113 Å². The number of ether oxygens (including phenoxy) is 1. The number of allylic oxidation sites excluding steroid dienone is 12. The van der Waals surface area contributed by atoms with Crippen LogP contribution in [0, 0.1) is 5.92 Å². The second-order valence-corrected chi connectivity index (χ2v) is 15.3. The molecular weight excluding hydrogens is 643 g/mol. The van der Waals surface area contributed by atoms with Crippen LogP contribution in [0.15, 0.2) is 175 Å². The normalized spacial score (nSPS) is 22.5. The average molecular weight is 682 g/mol. The number of para-hydroxylation sites is 2. The maximum Gasteiger partial charge on any atom is 0.151 e. The van der Waals surface area contributed by atoms with Crippen molar-refractivity contribution in [1.29, 1.82) is 0 Å². The molecule has 2 bridgehead atoms. The van der Waals surface area contributed by atoms with Crippen molar-refractivity contribution in [2.75, 3.05) is 0 Å². The zero-order chi connectivity index (χ0) is 35.3. The Hall–Kier alpha value is -6.12. The number of aromatic nitrogens is 1. The molecule has 2 nitrogen and oxygen atoms in total. The molecule has 5 aromatic carbocycles. The van der Waals surface area contributed by atoms with Gasteiger partial charge in [-0.3, -0.25) is 0 Å². The van der Waals surface area contributed by atoms with Gasteiger partial charge in [0.25, 0.3) is 0 Å². The summed E-state index contributed by atoms with van der Waals surface area (Å²) in [5.41, 5.74) is 17.7. The molecule has 0 fully saturated rings. The Morgan fingerprint density at radius 1 is 0.642 bits per heavy atom. The highest BCUT2D eigenvalue weighted by Gasteiger charge is 2.48. The van der Waals surface area contributed by atoms with Gasteiger partial charge in [0.1, 0.15) is 11.3 Å². The van der Waals surface area contributed by atoms with Crippen LogP contribution in [0.1, 0.15) is 48.9 Å². The Morgan fingerprint density at radius 3 is 2.30 bits per heavy atom. The maximum atomic E-state index is 6.82. The summed E-state index contributed by atoms with van der Waals surface area (Å²) in [7, 11) is 0. The van der Waals surface area contributed by atoms with Crippen molar-refractivity contribution in [3.05, 3.63) is 197 Å². The molecule has 3 atom stereocenters. The Morgan fingerprint density at radius 2 is 1.38 bits per heavy atom. The summed E-state index contributed by atoms with van der Waals surface area (Å²) < 4.78 is 9.37. The summed E-state index contributed by atoms with van der Waals surface area (Å²) >= 11 is 0. The Labute approximate surface area is 310 Å². The van der Waals surface area contributed by atoms with Crippen LogP contribution in [0.3, 0.4) is 0 Å². The zero-order valence-corrected chi connectivity index (χ0v) is 30.0. The number of fused-ring (bicyclic) bond motifs is 11. The van der Waals surface area contributed by atoms with Gasteiger partial charge in [-0.1, -0.05) is 134 Å². The molecule has 3 unspecified atom stereocenters. The van der Waals surface area contributed by atoms with Gasteiger partial charge in [0.2, 0.25) is 0 Å². The topological polar surface area (TPSA) is 14.2 Å². The second-order valence-electron chi connectivity index (χ2n) is 15.3. The van der Waals surface area contributed by atoms with Crippen molar-refractivity contribution in [1.82, 2.24) is 4.57 Å². The van der Waals surface area contributed by atoms with Crippen molar-refractivity contribution < 1.29 is 4.74 Å². The van der Waals surface area contributed by atoms with E-state index in [4.69, 9.17) is 4.74 Å². The van der Waals surface area contributed by atoms with Crippen LogP contribution in [-0.2, 0) is 5.54 Å². The van der Waals surface area contributed by atoms with Gasteiger partial charge in [-0.2, -0.15) is 0 Å². The molecule has 6 aromatic rings. The van der Waals surface area contributed by atoms with Crippen LogP contribution >= 0.6 is 0 Å². The molecule has 0 saturated carbocycles. The minimum atomic E-state index is -0.417. The molecule has 5 aliphatic rings. The highest BCUT2D eigenvalue weighted by molar-refractivity contribution is 6.10. The van der Waals surface area contributed by atoms with Crippen molar-refractivity contribution >= 4 is 44.1 Å². The summed E-state index contributed by atoms with van der Waals surface area (Å²) in [6.07, 6.45) is 20.9. The third-order valence-electron chi connectivity index (χ3n) is 12.5. The smallest absolute Gasteiger partial charge is 0.151 e. The minimum absolute atomic E-state index is 0.121. The van der Waals surface area contributed by atoms with E-state index in [-0.39, 0.29) is 12.0 Å². The first-order chi connectivity index (χ1) is 26.1. The molecule has 4 aliphatic carbocycles. The highest BCUT2D eigenvalue weighted by Crippen LogP contribution is 2.51. The molecule has 0 radical (unpaired) electrons. The van der Waals surface area contributed by atoms with Crippen molar-refractivity contribution in [3.8, 4) is 16.9 Å². The molecule has 1 aliphatic heterocycles. The first kappa shape index (κ1) is 30.5. The fourth-order valence-electron chi connectivity index (χ4n) is 9.71. The van der Waals surface area contributed by atoms with Crippen LogP contribution in [0.25, 0.3) is 55.2 Å². The minimum Gasteiger partial charge on any atom is -0.482 e. The first-order valence-corrected chi connectivity index (χ1v) is 19.0. The standard InChI is InChI=1S/C51H39NO/c1-32-22-26-45-44-19-8-10-21-49(44)53-50(45)51(32,2)52-47-20-9-7-18-43(47)46-31-36(25-27-48(46)52)34-13-11-12-33(28-34)35-23-24-37-30-38(29-35)40-15-4-6-17-42(40)41-16-5-3-14-39(37)41/h3-5,7-16,18-31,38,50H,6,17H2,1-2H3. The lowest BCUT2D eigenvalue weighted by Gasteiger charge is -2.41. The second kappa shape index (κ2) is 11.4. The lowest BCUT2D eigenvalue weighted by molar-refractivity contribution is 0.157. The van der Waals surface area contributed by atoms with Gasteiger partial charge < -0.3 is 9.30 Å². The van der Waals surface area contributed by atoms with Crippen LogP contribution in [0.2, 0.25) is 0 Å². The van der Waals surface area contributed by atoms with Crippen molar-refractivity contribution in [3.63, 3.8) is 0 Å². The maximum absolute atomic E-state index is 6.82. The van der Waals surface area contributed by atoms with Crippen LogP contribution in [-0.4, -0.2) is 10.7 Å². The van der Waals surface area contributed by atoms with Gasteiger partial charge in [0, 0.05) is 27.8 Å². The van der Waals surface area contributed by atoms with E-state index < -0.39 is 5.54 Å². The van der Waals surface area contributed by atoms with Crippen LogP contribution in [0.5, 0.6) is 5.75 Å². The van der Waals surface area contributed by atoms with Gasteiger partial charge in [-0.25, -0.2) is 0 Å². The number of hydrogen-bond donors (Lipinski definition) is 0. The van der Waals surface area contributed by atoms with Crippen LogP contribution < -0.4 is 4.74 Å². The quantitative estimate of drug-likeness (QED) is 0.181. The number of benzene rings is 5. The van der Waals surface area contributed by atoms with Gasteiger partial charge in [-0.15, -0.1) is 0 Å². The predicted molar refractivity (Wildman–Crippen MR) is 221 cm³/mol. The summed E-state index contributed by atoms with van der Waals surface area (Å²) in [5, 5.41) is 2.52.